The first kappa shape index (κ1) is 19.8. The van der Waals surface area contributed by atoms with Crippen molar-refractivity contribution in [2.45, 2.75) is 4.90 Å². The van der Waals surface area contributed by atoms with Gasteiger partial charge in [0.05, 0.1) is 10.5 Å². The number of hydrogen-bond acceptors (Lipinski definition) is 6. The third-order valence-corrected chi connectivity index (χ3v) is 5.25. The molecule has 1 N–H and O–H groups in total. The highest BCUT2D eigenvalue weighted by molar-refractivity contribution is 7.89. The highest BCUT2D eigenvalue weighted by Crippen LogP contribution is 2.16. The first-order valence-electron chi connectivity index (χ1n) is 7.31. The molecule has 138 valence electrons. The van der Waals surface area contributed by atoms with Gasteiger partial charge in [-0.2, -0.15) is 0 Å². The minimum atomic E-state index is -3.54. The number of nitrogens with one attached hydrogen (secondary N) is 1. The van der Waals surface area contributed by atoms with Gasteiger partial charge in [-0.15, -0.1) is 0 Å². The summed E-state index contributed by atoms with van der Waals surface area (Å²) in [4.78, 5) is 27.5. The lowest BCUT2D eigenvalue weighted by Crippen LogP contribution is -2.22. The van der Waals surface area contributed by atoms with E-state index < -0.39 is 28.5 Å². The fourth-order valence-corrected chi connectivity index (χ4v) is 2.94. The largest absolute Gasteiger partial charge is 0.452 e. The second-order valence-corrected chi connectivity index (χ2v) is 7.84. The Morgan fingerprint density at radius 1 is 1.19 bits per heavy atom. The summed E-state index contributed by atoms with van der Waals surface area (Å²) in [5, 5.41) is 2.64. The van der Waals surface area contributed by atoms with Gasteiger partial charge in [0, 0.05) is 26.0 Å². The molecule has 0 aliphatic rings. The number of rotatable bonds is 6. The Hall–Kier alpha value is -2.49. The van der Waals surface area contributed by atoms with Gasteiger partial charge in [-0.3, -0.25) is 4.79 Å². The Balaban J connectivity index is 1.93. The zero-order valence-corrected chi connectivity index (χ0v) is 15.5. The van der Waals surface area contributed by atoms with Crippen molar-refractivity contribution in [3.63, 3.8) is 0 Å². The molecule has 0 radical (unpaired) electrons. The van der Waals surface area contributed by atoms with Crippen LogP contribution in [0.1, 0.15) is 10.4 Å². The molecule has 2 rings (SSSR count). The molecule has 0 bridgehead atoms. The summed E-state index contributed by atoms with van der Waals surface area (Å²) in [6.07, 6.45) is 1.35. The van der Waals surface area contributed by atoms with Crippen LogP contribution in [0.4, 0.5) is 5.69 Å². The maximum absolute atomic E-state index is 12.0. The lowest BCUT2D eigenvalue weighted by Gasteiger charge is -2.12. The first-order valence-corrected chi connectivity index (χ1v) is 9.13. The summed E-state index contributed by atoms with van der Waals surface area (Å²) in [5.41, 5.74) is 0.548. The predicted molar refractivity (Wildman–Crippen MR) is 95.5 cm³/mol. The standard InChI is InChI=1S/C16H16ClN3O5S/c1-20(2)26(23,24)13-5-3-12(4-6-13)19-15(21)10-25-16(22)11-7-8-18-14(17)9-11/h3-9H,10H2,1-2H3,(H,19,21). The molecular weight excluding hydrogens is 382 g/mol. The van der Waals surface area contributed by atoms with Crippen LogP contribution in [0, 0.1) is 0 Å². The maximum Gasteiger partial charge on any atom is 0.338 e. The van der Waals surface area contributed by atoms with E-state index in [4.69, 9.17) is 16.3 Å². The molecule has 0 fully saturated rings. The van der Waals surface area contributed by atoms with Crippen LogP contribution in [0.5, 0.6) is 0 Å². The van der Waals surface area contributed by atoms with Gasteiger partial charge >= 0.3 is 5.97 Å². The molecule has 0 aliphatic carbocycles. The monoisotopic (exact) mass is 397 g/mol. The zero-order valence-electron chi connectivity index (χ0n) is 14.0. The van der Waals surface area contributed by atoms with E-state index in [2.05, 4.69) is 10.3 Å². The molecule has 0 spiro atoms. The average molecular weight is 398 g/mol. The van der Waals surface area contributed by atoms with Crippen molar-refractivity contribution >= 4 is 39.2 Å². The van der Waals surface area contributed by atoms with Gasteiger partial charge < -0.3 is 10.1 Å². The number of carbonyl (C=O) groups excluding carboxylic acids is 2. The minimum absolute atomic E-state index is 0.0986. The third-order valence-electron chi connectivity index (χ3n) is 3.21. The second kappa shape index (κ2) is 8.26. The topological polar surface area (TPSA) is 106 Å². The van der Waals surface area contributed by atoms with Crippen LogP contribution < -0.4 is 5.32 Å². The van der Waals surface area contributed by atoms with Gasteiger partial charge in [-0.1, -0.05) is 11.6 Å². The van der Waals surface area contributed by atoms with Gasteiger partial charge in [0.1, 0.15) is 5.15 Å². The number of benzene rings is 1. The van der Waals surface area contributed by atoms with Crippen molar-refractivity contribution in [1.29, 1.82) is 0 Å². The predicted octanol–water partition coefficient (Wildman–Crippen LogP) is 1.78. The molecule has 1 heterocycles. The van der Waals surface area contributed by atoms with Gasteiger partial charge in [0.2, 0.25) is 10.0 Å². The van der Waals surface area contributed by atoms with E-state index in [9.17, 15) is 18.0 Å². The summed E-state index contributed by atoms with van der Waals surface area (Å²) >= 11 is 5.68. The van der Waals surface area contributed by atoms with E-state index in [1.54, 1.807) is 0 Å². The molecule has 8 nitrogen and oxygen atoms in total. The van der Waals surface area contributed by atoms with Crippen LogP contribution in [0.2, 0.25) is 5.15 Å². The number of hydrogen-bond donors (Lipinski definition) is 1. The summed E-state index contributed by atoms with van der Waals surface area (Å²) in [5.74, 6) is -1.28. The van der Waals surface area contributed by atoms with Crippen molar-refractivity contribution < 1.29 is 22.7 Å². The van der Waals surface area contributed by atoms with E-state index in [-0.39, 0.29) is 15.6 Å². The number of halogens is 1. The number of pyridine rings is 1. The molecule has 0 saturated heterocycles. The normalized spacial score (nSPS) is 11.2. The fraction of sp³-hybridized carbons (Fsp3) is 0.188. The Labute approximate surface area is 155 Å². The molecular formula is C16H16ClN3O5S. The number of anilines is 1. The van der Waals surface area contributed by atoms with E-state index >= 15 is 0 Å². The van der Waals surface area contributed by atoms with Crippen LogP contribution in [0.3, 0.4) is 0 Å². The Morgan fingerprint density at radius 2 is 1.85 bits per heavy atom. The number of nitrogens with zero attached hydrogens (tertiary/aromatic N) is 2. The quantitative estimate of drug-likeness (QED) is 0.588. The van der Waals surface area contributed by atoms with E-state index in [1.807, 2.05) is 0 Å². The fourth-order valence-electron chi connectivity index (χ4n) is 1.86. The zero-order chi connectivity index (χ0) is 19.3. The Kier molecular flexibility index (Phi) is 6.30. The van der Waals surface area contributed by atoms with Crippen molar-refractivity contribution in [3.8, 4) is 0 Å². The molecule has 1 aromatic carbocycles. The third kappa shape index (κ3) is 5.01. The molecule has 0 aliphatic heterocycles. The summed E-state index contributed by atoms with van der Waals surface area (Å²) in [6, 6.07) is 8.37. The van der Waals surface area contributed by atoms with Crippen LogP contribution in [0.15, 0.2) is 47.5 Å². The van der Waals surface area contributed by atoms with Crippen LogP contribution in [0.25, 0.3) is 0 Å². The number of sulfonamides is 1. The van der Waals surface area contributed by atoms with Gasteiger partial charge in [0.25, 0.3) is 5.91 Å². The highest BCUT2D eigenvalue weighted by Gasteiger charge is 2.17. The minimum Gasteiger partial charge on any atom is -0.452 e. The number of amides is 1. The SMILES string of the molecule is CN(C)S(=O)(=O)c1ccc(NC(=O)COC(=O)c2ccnc(Cl)c2)cc1. The van der Waals surface area contributed by atoms with Crippen molar-refractivity contribution in [1.82, 2.24) is 9.29 Å². The molecule has 1 aromatic heterocycles. The van der Waals surface area contributed by atoms with Crippen LogP contribution in [-0.2, 0) is 19.6 Å². The molecule has 0 atom stereocenters. The van der Waals surface area contributed by atoms with E-state index in [1.165, 1.54) is 56.7 Å². The number of ether oxygens (including phenoxy) is 1. The highest BCUT2D eigenvalue weighted by atomic mass is 35.5. The lowest BCUT2D eigenvalue weighted by atomic mass is 10.3. The summed E-state index contributed by atoms with van der Waals surface area (Å²) < 4.78 is 29.9. The number of esters is 1. The van der Waals surface area contributed by atoms with Crippen molar-refractivity contribution in [3.05, 3.63) is 53.3 Å². The number of aromatic nitrogens is 1. The van der Waals surface area contributed by atoms with Crippen LogP contribution in [-0.4, -0.2) is 50.3 Å². The Morgan fingerprint density at radius 3 is 2.42 bits per heavy atom. The molecule has 0 saturated carbocycles. The van der Waals surface area contributed by atoms with Gasteiger partial charge in [-0.05, 0) is 36.4 Å². The van der Waals surface area contributed by atoms with Crippen molar-refractivity contribution in [2.75, 3.05) is 26.0 Å². The smallest absolute Gasteiger partial charge is 0.338 e. The molecule has 1 amide bonds. The summed E-state index contributed by atoms with van der Waals surface area (Å²) in [6.45, 7) is -0.503. The average Bonchev–Trinajstić information content (AvgIpc) is 2.60. The van der Waals surface area contributed by atoms with Crippen LogP contribution >= 0.6 is 11.6 Å². The molecule has 10 heteroatoms. The molecule has 2 aromatic rings. The number of carbonyl (C=O) groups is 2. The maximum atomic E-state index is 12.0. The molecule has 0 unspecified atom stereocenters. The first-order chi connectivity index (χ1) is 12.2. The summed E-state index contributed by atoms with van der Waals surface area (Å²) in [7, 11) is -0.690. The van der Waals surface area contributed by atoms with Crippen molar-refractivity contribution in [2.24, 2.45) is 0 Å². The second-order valence-electron chi connectivity index (χ2n) is 5.30. The van der Waals surface area contributed by atoms with E-state index in [0.717, 1.165) is 4.31 Å². The van der Waals surface area contributed by atoms with Gasteiger partial charge in [-0.25, -0.2) is 22.5 Å². The van der Waals surface area contributed by atoms with Gasteiger partial charge in [0.15, 0.2) is 6.61 Å². The lowest BCUT2D eigenvalue weighted by molar-refractivity contribution is -0.119. The molecule has 26 heavy (non-hydrogen) atoms. The Bertz CT molecular complexity index is 914. The van der Waals surface area contributed by atoms with E-state index in [0.29, 0.717) is 5.69 Å².